The first-order valence-electron chi connectivity index (χ1n) is 11.2. The summed E-state index contributed by atoms with van der Waals surface area (Å²) in [6, 6.07) is 2.29. The van der Waals surface area contributed by atoms with Crippen molar-refractivity contribution in [1.82, 2.24) is 25.0 Å². The quantitative estimate of drug-likeness (QED) is 0.830. The van der Waals surface area contributed by atoms with E-state index < -0.39 is 0 Å². The Kier molecular flexibility index (Phi) is 5.60. The maximum atomic E-state index is 13.0. The Morgan fingerprint density at radius 2 is 2.03 bits per heavy atom. The van der Waals surface area contributed by atoms with Crippen molar-refractivity contribution in [1.29, 1.82) is 0 Å². The van der Waals surface area contributed by atoms with Crippen LogP contribution in [0.25, 0.3) is 0 Å². The van der Waals surface area contributed by atoms with Crippen LogP contribution >= 0.6 is 0 Å². The minimum atomic E-state index is -0.0879. The lowest BCUT2D eigenvalue weighted by Crippen LogP contribution is -2.44. The number of hydrogen-bond acceptors (Lipinski definition) is 6. The van der Waals surface area contributed by atoms with Gasteiger partial charge in [-0.2, -0.15) is 0 Å². The average molecular weight is 414 g/mol. The zero-order chi connectivity index (χ0) is 20.4. The number of hydrogen-bond donors (Lipinski definition) is 1. The molecule has 2 aromatic heterocycles. The van der Waals surface area contributed by atoms with Gasteiger partial charge in [0.2, 0.25) is 5.82 Å². The highest BCUT2D eigenvalue weighted by Gasteiger charge is 2.39. The summed E-state index contributed by atoms with van der Waals surface area (Å²) < 4.78 is 13.2. The zero-order valence-corrected chi connectivity index (χ0v) is 17.5. The molecule has 162 valence electrons. The van der Waals surface area contributed by atoms with Gasteiger partial charge in [-0.1, -0.05) is 19.3 Å². The molecule has 2 aliphatic heterocycles. The number of carbonyl (C=O) groups is 1. The van der Waals surface area contributed by atoms with Crippen molar-refractivity contribution >= 4 is 5.91 Å². The molecule has 0 unspecified atom stereocenters. The summed E-state index contributed by atoms with van der Waals surface area (Å²) >= 11 is 0. The van der Waals surface area contributed by atoms with Crippen LogP contribution in [0.2, 0.25) is 0 Å². The minimum absolute atomic E-state index is 0.0282. The van der Waals surface area contributed by atoms with Crippen molar-refractivity contribution in [2.45, 2.75) is 70.7 Å². The number of piperidine rings is 1. The second kappa shape index (κ2) is 8.51. The molecule has 0 radical (unpaired) electrons. The Hall–Kier alpha value is -2.19. The second-order valence-electron chi connectivity index (χ2n) is 9.23. The van der Waals surface area contributed by atoms with Crippen LogP contribution in [0.3, 0.4) is 0 Å². The fraction of sp³-hybridized carbons (Fsp3) is 0.682. The number of likely N-dealkylation sites (tertiary alicyclic amines) is 1. The fourth-order valence-corrected chi connectivity index (χ4v) is 5.14. The molecule has 1 saturated heterocycles. The van der Waals surface area contributed by atoms with Crippen molar-refractivity contribution in [3.63, 3.8) is 0 Å². The van der Waals surface area contributed by atoms with Gasteiger partial charge in [-0.25, -0.2) is 0 Å². The third kappa shape index (κ3) is 4.16. The first-order chi connectivity index (χ1) is 14.7. The first-order valence-corrected chi connectivity index (χ1v) is 11.2. The Morgan fingerprint density at radius 3 is 2.80 bits per heavy atom. The lowest BCUT2D eigenvalue weighted by Gasteiger charge is -2.41. The molecule has 1 aliphatic carbocycles. The molecule has 8 nitrogen and oxygen atoms in total. The van der Waals surface area contributed by atoms with Crippen molar-refractivity contribution in [2.75, 3.05) is 19.7 Å². The molecule has 0 bridgehead atoms. The standard InChI is InChI=1S/C22H31N5O3/c28-21(23-18-4-2-1-3-5-18)20-25-24-19-14-30-16-22(15-27(19)20)7-9-26(10-8-22)12-17-6-11-29-13-17/h6,11,13,18H,1-5,7-10,12,14-16H2,(H,23,28). The highest BCUT2D eigenvalue weighted by Crippen LogP contribution is 2.37. The van der Waals surface area contributed by atoms with Gasteiger partial charge in [0.25, 0.3) is 5.91 Å². The highest BCUT2D eigenvalue weighted by molar-refractivity contribution is 5.90. The normalized spacial score (nSPS) is 22.5. The molecule has 5 rings (SSSR count). The largest absolute Gasteiger partial charge is 0.472 e. The molecule has 0 atom stereocenters. The summed E-state index contributed by atoms with van der Waals surface area (Å²) in [4.78, 5) is 15.4. The SMILES string of the molecule is O=C(NC1CCCCC1)c1nnc2n1CC1(CCN(Cc3ccoc3)CC1)COC2. The molecule has 2 fully saturated rings. The number of amides is 1. The van der Waals surface area contributed by atoms with Gasteiger partial charge >= 0.3 is 0 Å². The van der Waals surface area contributed by atoms with Crippen LogP contribution in [0.15, 0.2) is 23.0 Å². The van der Waals surface area contributed by atoms with Gasteiger partial charge in [0.15, 0.2) is 5.82 Å². The maximum absolute atomic E-state index is 13.0. The second-order valence-corrected chi connectivity index (χ2v) is 9.23. The smallest absolute Gasteiger partial charge is 0.289 e. The summed E-state index contributed by atoms with van der Waals surface area (Å²) in [5, 5.41) is 11.7. The predicted molar refractivity (Wildman–Crippen MR) is 110 cm³/mol. The number of furan rings is 1. The van der Waals surface area contributed by atoms with E-state index in [-0.39, 0.29) is 17.4 Å². The van der Waals surface area contributed by atoms with E-state index in [0.717, 1.165) is 57.7 Å². The van der Waals surface area contributed by atoms with Crippen molar-refractivity contribution in [3.8, 4) is 0 Å². The lowest BCUT2D eigenvalue weighted by molar-refractivity contribution is -0.00573. The summed E-state index contributed by atoms with van der Waals surface area (Å²) in [6.07, 6.45) is 11.4. The zero-order valence-electron chi connectivity index (χ0n) is 17.5. The average Bonchev–Trinajstić information content (AvgIpc) is 3.37. The monoisotopic (exact) mass is 413 g/mol. The van der Waals surface area contributed by atoms with Crippen molar-refractivity contribution in [2.24, 2.45) is 5.41 Å². The first kappa shape index (κ1) is 19.8. The van der Waals surface area contributed by atoms with Gasteiger partial charge in [-0.3, -0.25) is 9.69 Å². The number of rotatable bonds is 4. The number of nitrogens with zero attached hydrogens (tertiary/aromatic N) is 4. The van der Waals surface area contributed by atoms with E-state index >= 15 is 0 Å². The summed E-state index contributed by atoms with van der Waals surface area (Å²) in [7, 11) is 0. The third-order valence-corrected chi connectivity index (χ3v) is 7.01. The number of fused-ring (bicyclic) bond motifs is 1. The molecule has 3 aliphatic rings. The van der Waals surface area contributed by atoms with Crippen LogP contribution < -0.4 is 5.32 Å². The van der Waals surface area contributed by atoms with Gasteiger partial charge in [0.1, 0.15) is 6.61 Å². The summed E-state index contributed by atoms with van der Waals surface area (Å²) in [6.45, 7) is 4.82. The molecular weight excluding hydrogens is 382 g/mol. The van der Waals surface area contributed by atoms with E-state index in [9.17, 15) is 4.79 Å². The van der Waals surface area contributed by atoms with E-state index in [1.54, 1.807) is 6.26 Å². The van der Waals surface area contributed by atoms with Crippen LogP contribution in [0.5, 0.6) is 0 Å². The van der Waals surface area contributed by atoms with Crippen LogP contribution in [-0.2, 0) is 24.4 Å². The van der Waals surface area contributed by atoms with E-state index in [1.807, 2.05) is 16.9 Å². The Bertz CT molecular complexity index is 848. The van der Waals surface area contributed by atoms with Crippen molar-refractivity contribution in [3.05, 3.63) is 35.8 Å². The highest BCUT2D eigenvalue weighted by atomic mass is 16.5. The Balaban J connectivity index is 1.26. The van der Waals surface area contributed by atoms with E-state index in [1.165, 1.54) is 24.8 Å². The number of carbonyl (C=O) groups excluding carboxylic acids is 1. The molecular formula is C22H31N5O3. The number of ether oxygens (including phenoxy) is 1. The van der Waals surface area contributed by atoms with Gasteiger partial charge in [-0.05, 0) is 44.8 Å². The van der Waals surface area contributed by atoms with Gasteiger partial charge in [0.05, 0.1) is 19.1 Å². The molecule has 30 heavy (non-hydrogen) atoms. The summed E-state index contributed by atoms with van der Waals surface area (Å²) in [5.41, 5.74) is 1.24. The van der Waals surface area contributed by atoms with Gasteiger partial charge in [-0.15, -0.1) is 10.2 Å². The summed E-state index contributed by atoms with van der Waals surface area (Å²) in [5.74, 6) is 1.12. The molecule has 1 saturated carbocycles. The van der Waals surface area contributed by atoms with E-state index in [0.29, 0.717) is 19.0 Å². The fourth-order valence-electron chi connectivity index (χ4n) is 5.14. The molecule has 1 N–H and O–H groups in total. The van der Waals surface area contributed by atoms with E-state index in [4.69, 9.17) is 9.15 Å². The Morgan fingerprint density at radius 1 is 1.20 bits per heavy atom. The molecule has 8 heteroatoms. The number of aromatic nitrogens is 3. The maximum Gasteiger partial charge on any atom is 0.289 e. The molecule has 0 aromatic carbocycles. The predicted octanol–water partition coefficient (Wildman–Crippen LogP) is 2.75. The topological polar surface area (TPSA) is 85.4 Å². The molecule has 2 aromatic rings. The third-order valence-electron chi connectivity index (χ3n) is 7.01. The van der Waals surface area contributed by atoms with Crippen LogP contribution in [0.1, 0.15) is 67.0 Å². The lowest BCUT2D eigenvalue weighted by atomic mass is 9.78. The number of nitrogens with one attached hydrogen (secondary N) is 1. The molecule has 4 heterocycles. The molecule has 1 amide bonds. The molecule has 1 spiro atoms. The van der Waals surface area contributed by atoms with Gasteiger partial charge < -0.3 is 19.0 Å². The van der Waals surface area contributed by atoms with Gasteiger partial charge in [0, 0.05) is 30.1 Å². The van der Waals surface area contributed by atoms with Crippen LogP contribution in [0, 0.1) is 5.41 Å². The minimum Gasteiger partial charge on any atom is -0.472 e. The van der Waals surface area contributed by atoms with Crippen molar-refractivity contribution < 1.29 is 13.9 Å². The Labute approximate surface area is 177 Å². The van der Waals surface area contributed by atoms with E-state index in [2.05, 4.69) is 20.4 Å². The van der Waals surface area contributed by atoms with Crippen LogP contribution in [-0.4, -0.2) is 51.3 Å². The van der Waals surface area contributed by atoms with Crippen LogP contribution in [0.4, 0.5) is 0 Å².